The predicted octanol–water partition coefficient (Wildman–Crippen LogP) is 5.69. The van der Waals surface area contributed by atoms with E-state index in [-0.39, 0.29) is 5.91 Å². The first kappa shape index (κ1) is 19.4. The van der Waals surface area contributed by atoms with Crippen molar-refractivity contribution in [2.75, 3.05) is 5.32 Å². The molecule has 1 aromatic heterocycles. The van der Waals surface area contributed by atoms with E-state index in [4.69, 9.17) is 0 Å². The SMILES string of the molecule is C[C@H]1CCc2c(sc(NC(=O)C(C)(c3ccccc3)c3ccccc3)c2C#N)C1. The smallest absolute Gasteiger partial charge is 0.239 e. The van der Waals surface area contributed by atoms with Gasteiger partial charge in [-0.05, 0) is 48.8 Å². The highest BCUT2D eigenvalue weighted by Crippen LogP contribution is 2.41. The van der Waals surface area contributed by atoms with Crippen LogP contribution >= 0.6 is 11.3 Å². The van der Waals surface area contributed by atoms with Crippen molar-refractivity contribution in [1.29, 1.82) is 5.26 Å². The Labute approximate surface area is 176 Å². The molecule has 1 N–H and O–H groups in total. The normalized spacial score (nSPS) is 16.0. The van der Waals surface area contributed by atoms with Crippen LogP contribution in [0.3, 0.4) is 0 Å². The average molecular weight is 401 g/mol. The lowest BCUT2D eigenvalue weighted by Crippen LogP contribution is -2.38. The minimum Gasteiger partial charge on any atom is -0.316 e. The third kappa shape index (κ3) is 3.47. The number of hydrogen-bond acceptors (Lipinski definition) is 3. The highest BCUT2D eigenvalue weighted by Gasteiger charge is 2.38. The van der Waals surface area contributed by atoms with Gasteiger partial charge in [0.1, 0.15) is 11.1 Å². The minimum absolute atomic E-state index is 0.113. The highest BCUT2D eigenvalue weighted by molar-refractivity contribution is 7.16. The molecular formula is C25H24N2OS. The van der Waals surface area contributed by atoms with E-state index in [0.29, 0.717) is 16.5 Å². The van der Waals surface area contributed by atoms with E-state index in [1.807, 2.05) is 67.6 Å². The van der Waals surface area contributed by atoms with Gasteiger partial charge in [-0.15, -0.1) is 11.3 Å². The maximum absolute atomic E-state index is 13.7. The van der Waals surface area contributed by atoms with Gasteiger partial charge < -0.3 is 5.32 Å². The van der Waals surface area contributed by atoms with Crippen molar-refractivity contribution in [2.45, 2.75) is 38.5 Å². The van der Waals surface area contributed by atoms with E-state index in [2.05, 4.69) is 18.3 Å². The molecule has 0 spiro atoms. The molecule has 1 aliphatic carbocycles. The van der Waals surface area contributed by atoms with E-state index >= 15 is 0 Å². The lowest BCUT2D eigenvalue weighted by atomic mass is 9.75. The number of nitrogens with one attached hydrogen (secondary N) is 1. The van der Waals surface area contributed by atoms with Crippen molar-refractivity contribution < 1.29 is 4.79 Å². The largest absolute Gasteiger partial charge is 0.316 e. The van der Waals surface area contributed by atoms with Crippen LogP contribution in [0.1, 0.15) is 47.4 Å². The Bertz CT molecular complexity index is 1020. The van der Waals surface area contributed by atoms with E-state index in [1.165, 1.54) is 4.88 Å². The molecule has 146 valence electrons. The summed E-state index contributed by atoms with van der Waals surface area (Å²) in [5.41, 5.74) is 2.78. The van der Waals surface area contributed by atoms with Crippen molar-refractivity contribution in [1.82, 2.24) is 0 Å². The molecule has 1 amide bonds. The maximum atomic E-state index is 13.7. The molecule has 1 aliphatic rings. The van der Waals surface area contributed by atoms with Crippen LogP contribution in [0.25, 0.3) is 0 Å². The molecular weight excluding hydrogens is 376 g/mol. The molecule has 2 aromatic carbocycles. The third-order valence-electron chi connectivity index (χ3n) is 6.01. The standard InChI is InChI=1S/C25H24N2OS/c1-17-13-14-20-21(16-26)23(29-22(20)15-17)27-24(28)25(2,18-9-5-3-6-10-18)19-11-7-4-8-12-19/h3-12,17H,13-15H2,1-2H3,(H,27,28)/t17-/m0/s1. The van der Waals surface area contributed by atoms with E-state index < -0.39 is 5.41 Å². The van der Waals surface area contributed by atoms with Crippen LogP contribution in [0, 0.1) is 17.2 Å². The molecule has 0 saturated carbocycles. The molecule has 0 unspecified atom stereocenters. The first-order valence-corrected chi connectivity index (χ1v) is 10.8. The summed E-state index contributed by atoms with van der Waals surface area (Å²) >= 11 is 1.57. The average Bonchev–Trinajstić information content (AvgIpc) is 3.10. The quantitative estimate of drug-likeness (QED) is 0.612. The summed E-state index contributed by atoms with van der Waals surface area (Å²) in [6, 6.07) is 22.0. The Morgan fingerprint density at radius 3 is 2.24 bits per heavy atom. The van der Waals surface area contributed by atoms with Crippen LogP contribution in [0.15, 0.2) is 60.7 Å². The summed E-state index contributed by atoms with van der Waals surface area (Å²) in [5.74, 6) is 0.508. The second-order valence-corrected chi connectivity index (χ2v) is 9.08. The summed E-state index contributed by atoms with van der Waals surface area (Å²) in [7, 11) is 0. The second kappa shape index (κ2) is 7.85. The summed E-state index contributed by atoms with van der Waals surface area (Å²) < 4.78 is 0. The van der Waals surface area contributed by atoms with Crippen LogP contribution in [0.4, 0.5) is 5.00 Å². The molecule has 0 radical (unpaired) electrons. The van der Waals surface area contributed by atoms with Gasteiger partial charge in [0, 0.05) is 4.88 Å². The van der Waals surface area contributed by atoms with Crippen molar-refractivity contribution in [3.05, 3.63) is 87.8 Å². The second-order valence-electron chi connectivity index (χ2n) is 7.98. The van der Waals surface area contributed by atoms with Crippen LogP contribution in [0.5, 0.6) is 0 Å². The zero-order valence-corrected chi connectivity index (χ0v) is 17.6. The molecule has 0 saturated heterocycles. The van der Waals surface area contributed by atoms with Gasteiger partial charge in [0.2, 0.25) is 5.91 Å². The highest BCUT2D eigenvalue weighted by atomic mass is 32.1. The number of anilines is 1. The predicted molar refractivity (Wildman–Crippen MR) is 118 cm³/mol. The molecule has 0 fully saturated rings. The van der Waals surface area contributed by atoms with Gasteiger partial charge in [-0.3, -0.25) is 4.79 Å². The van der Waals surface area contributed by atoms with Gasteiger partial charge in [0.05, 0.1) is 11.0 Å². The number of nitriles is 1. The Kier molecular flexibility index (Phi) is 5.25. The zero-order valence-electron chi connectivity index (χ0n) is 16.7. The summed E-state index contributed by atoms with van der Waals surface area (Å²) in [6.45, 7) is 4.20. The minimum atomic E-state index is -0.854. The van der Waals surface area contributed by atoms with Crippen molar-refractivity contribution in [3.8, 4) is 6.07 Å². The number of carbonyl (C=O) groups is 1. The number of nitrogens with zero attached hydrogens (tertiary/aromatic N) is 1. The topological polar surface area (TPSA) is 52.9 Å². The van der Waals surface area contributed by atoms with Gasteiger partial charge >= 0.3 is 0 Å². The summed E-state index contributed by atoms with van der Waals surface area (Å²) in [5, 5.41) is 13.6. The van der Waals surface area contributed by atoms with Crippen LogP contribution in [-0.4, -0.2) is 5.91 Å². The van der Waals surface area contributed by atoms with Gasteiger partial charge in [-0.25, -0.2) is 0 Å². The van der Waals surface area contributed by atoms with Gasteiger partial charge in [-0.2, -0.15) is 5.26 Å². The molecule has 3 nitrogen and oxygen atoms in total. The Hall–Kier alpha value is -2.90. The summed E-state index contributed by atoms with van der Waals surface area (Å²) in [6.07, 6.45) is 3.00. The molecule has 4 heteroatoms. The number of fused-ring (bicyclic) bond motifs is 1. The van der Waals surface area contributed by atoms with Crippen LogP contribution in [0.2, 0.25) is 0 Å². The van der Waals surface area contributed by atoms with Crippen LogP contribution < -0.4 is 5.32 Å². The van der Waals surface area contributed by atoms with E-state index in [9.17, 15) is 10.1 Å². The Morgan fingerprint density at radius 1 is 1.10 bits per heavy atom. The molecule has 1 atom stereocenters. The lowest BCUT2D eigenvalue weighted by molar-refractivity contribution is -0.119. The molecule has 1 heterocycles. The fraction of sp³-hybridized carbons (Fsp3) is 0.280. The lowest BCUT2D eigenvalue weighted by Gasteiger charge is -2.29. The van der Waals surface area contributed by atoms with E-state index in [0.717, 1.165) is 36.0 Å². The van der Waals surface area contributed by atoms with Gasteiger partial charge in [0.15, 0.2) is 0 Å². The number of benzene rings is 2. The zero-order chi connectivity index (χ0) is 20.4. The van der Waals surface area contributed by atoms with Crippen molar-refractivity contribution in [2.24, 2.45) is 5.92 Å². The van der Waals surface area contributed by atoms with Gasteiger partial charge in [0.25, 0.3) is 0 Å². The number of carbonyl (C=O) groups excluding carboxylic acids is 1. The molecule has 3 aromatic rings. The van der Waals surface area contributed by atoms with E-state index in [1.54, 1.807) is 11.3 Å². The molecule has 4 rings (SSSR count). The van der Waals surface area contributed by atoms with Gasteiger partial charge in [-0.1, -0.05) is 67.6 Å². The first-order chi connectivity index (χ1) is 14.0. The maximum Gasteiger partial charge on any atom is 0.239 e. The Morgan fingerprint density at radius 2 is 1.69 bits per heavy atom. The summed E-state index contributed by atoms with van der Waals surface area (Å²) in [4.78, 5) is 14.9. The van der Waals surface area contributed by atoms with Crippen LogP contribution in [-0.2, 0) is 23.1 Å². The number of thiophene rings is 1. The fourth-order valence-corrected chi connectivity index (χ4v) is 5.51. The Balaban J connectivity index is 1.75. The first-order valence-electron chi connectivity index (χ1n) is 10.0. The number of hydrogen-bond donors (Lipinski definition) is 1. The molecule has 0 bridgehead atoms. The third-order valence-corrected chi connectivity index (χ3v) is 7.18. The van der Waals surface area contributed by atoms with Crippen molar-refractivity contribution in [3.63, 3.8) is 0 Å². The molecule has 29 heavy (non-hydrogen) atoms. The number of rotatable bonds is 4. The number of amides is 1. The van der Waals surface area contributed by atoms with Crippen molar-refractivity contribution >= 4 is 22.2 Å². The monoisotopic (exact) mass is 400 g/mol. The molecule has 0 aliphatic heterocycles. The fourth-order valence-electron chi connectivity index (χ4n) is 4.16.